The number of hydrogen-bond donors (Lipinski definition) is 2. The predicted octanol–water partition coefficient (Wildman–Crippen LogP) is 2.74. The Bertz CT molecular complexity index is 583. The molecule has 1 aromatic heterocycles. The largest absolute Gasteiger partial charge is 0.506 e. The maximum atomic E-state index is 11.8. The summed E-state index contributed by atoms with van der Waals surface area (Å²) < 4.78 is 0. The van der Waals surface area contributed by atoms with E-state index in [-0.39, 0.29) is 16.7 Å². The lowest BCUT2D eigenvalue weighted by atomic mass is 10.2. The summed E-state index contributed by atoms with van der Waals surface area (Å²) >= 11 is 7.28. The molecule has 94 valence electrons. The van der Waals surface area contributed by atoms with E-state index in [4.69, 9.17) is 11.6 Å². The van der Waals surface area contributed by atoms with E-state index in [9.17, 15) is 9.90 Å². The van der Waals surface area contributed by atoms with Crippen molar-refractivity contribution in [3.63, 3.8) is 0 Å². The molecule has 6 heteroatoms. The van der Waals surface area contributed by atoms with Gasteiger partial charge < -0.3 is 10.4 Å². The van der Waals surface area contributed by atoms with E-state index in [0.29, 0.717) is 12.1 Å². The lowest BCUT2D eigenvalue weighted by molar-refractivity contribution is 0.0951. The van der Waals surface area contributed by atoms with Gasteiger partial charge in [0.05, 0.1) is 11.6 Å². The number of carbonyl (C=O) groups excluding carboxylic acids is 1. The summed E-state index contributed by atoms with van der Waals surface area (Å²) in [4.78, 5) is 17.1. The van der Waals surface area contributed by atoms with Crippen LogP contribution in [0.25, 0.3) is 0 Å². The number of thiazole rings is 1. The highest BCUT2D eigenvalue weighted by Crippen LogP contribution is 2.23. The Morgan fingerprint density at radius 2 is 2.33 bits per heavy atom. The first kappa shape index (κ1) is 12.9. The number of nitrogens with zero attached hydrogens (tertiary/aromatic N) is 1. The second-order valence-electron chi connectivity index (χ2n) is 3.71. The first-order valence-corrected chi connectivity index (χ1v) is 6.44. The third-order valence-electron chi connectivity index (χ3n) is 2.28. The van der Waals surface area contributed by atoms with Gasteiger partial charge in [-0.2, -0.15) is 0 Å². The quantitative estimate of drug-likeness (QED) is 0.910. The number of amides is 1. The maximum Gasteiger partial charge on any atom is 0.251 e. The predicted molar refractivity (Wildman–Crippen MR) is 71.1 cm³/mol. The van der Waals surface area contributed by atoms with Gasteiger partial charge in [-0.25, -0.2) is 4.98 Å². The highest BCUT2D eigenvalue weighted by Gasteiger charge is 2.08. The van der Waals surface area contributed by atoms with Gasteiger partial charge in [-0.1, -0.05) is 11.6 Å². The fourth-order valence-corrected chi connectivity index (χ4v) is 2.30. The van der Waals surface area contributed by atoms with Gasteiger partial charge in [0.25, 0.3) is 5.91 Å². The molecule has 0 saturated carbocycles. The van der Waals surface area contributed by atoms with E-state index in [2.05, 4.69) is 10.3 Å². The van der Waals surface area contributed by atoms with Crippen LogP contribution in [0.2, 0.25) is 5.02 Å². The number of halogens is 1. The molecule has 0 aliphatic carbocycles. The molecular weight excluding hydrogens is 272 g/mol. The van der Waals surface area contributed by atoms with E-state index in [1.807, 2.05) is 6.92 Å². The van der Waals surface area contributed by atoms with Crippen molar-refractivity contribution in [1.29, 1.82) is 0 Å². The van der Waals surface area contributed by atoms with Crippen LogP contribution in [-0.4, -0.2) is 16.0 Å². The number of aromatic nitrogens is 1. The van der Waals surface area contributed by atoms with Crippen LogP contribution in [0, 0.1) is 6.92 Å². The summed E-state index contributed by atoms with van der Waals surface area (Å²) in [5.41, 5.74) is 0.408. The van der Waals surface area contributed by atoms with Gasteiger partial charge in [-0.15, -0.1) is 11.3 Å². The number of aromatic hydroxyl groups is 1. The Morgan fingerprint density at radius 1 is 1.56 bits per heavy atom. The molecule has 0 fully saturated rings. The molecule has 0 unspecified atom stereocenters. The summed E-state index contributed by atoms with van der Waals surface area (Å²) in [6, 6.07) is 4.34. The van der Waals surface area contributed by atoms with E-state index in [0.717, 1.165) is 9.88 Å². The Kier molecular flexibility index (Phi) is 3.84. The molecule has 1 amide bonds. The molecule has 0 saturated heterocycles. The lowest BCUT2D eigenvalue weighted by Gasteiger charge is -2.04. The minimum absolute atomic E-state index is 0.0382. The molecule has 2 N–H and O–H groups in total. The first-order valence-electron chi connectivity index (χ1n) is 5.24. The molecule has 0 radical (unpaired) electrons. The maximum absolute atomic E-state index is 11.8. The van der Waals surface area contributed by atoms with Crippen LogP contribution in [0.3, 0.4) is 0 Å². The molecule has 1 aromatic carbocycles. The van der Waals surface area contributed by atoms with Crippen molar-refractivity contribution in [2.45, 2.75) is 13.5 Å². The Morgan fingerprint density at radius 3 is 2.94 bits per heavy atom. The third kappa shape index (κ3) is 3.00. The smallest absolute Gasteiger partial charge is 0.251 e. The average molecular weight is 283 g/mol. The minimum Gasteiger partial charge on any atom is -0.506 e. The number of hydrogen-bond acceptors (Lipinski definition) is 4. The number of phenolic OH excluding ortho intramolecular Hbond substituents is 1. The number of phenols is 1. The topological polar surface area (TPSA) is 62.2 Å². The van der Waals surface area contributed by atoms with Gasteiger partial charge in [0.1, 0.15) is 10.8 Å². The first-order chi connectivity index (χ1) is 8.56. The summed E-state index contributed by atoms with van der Waals surface area (Å²) in [6.45, 7) is 2.35. The Balaban J connectivity index is 2.01. The van der Waals surface area contributed by atoms with Crippen LogP contribution in [-0.2, 0) is 6.54 Å². The normalized spacial score (nSPS) is 10.3. The van der Waals surface area contributed by atoms with Gasteiger partial charge in [0, 0.05) is 16.6 Å². The molecule has 1 heterocycles. The molecule has 0 aliphatic rings. The second kappa shape index (κ2) is 5.37. The lowest BCUT2D eigenvalue weighted by Crippen LogP contribution is -2.22. The fourth-order valence-electron chi connectivity index (χ4n) is 1.39. The SMILES string of the molecule is Cc1cnc(CNC(=O)c2ccc(O)c(Cl)c2)s1. The average Bonchev–Trinajstić information content (AvgIpc) is 2.75. The molecule has 2 rings (SSSR count). The van der Waals surface area contributed by atoms with E-state index in [1.54, 1.807) is 6.20 Å². The summed E-state index contributed by atoms with van der Waals surface area (Å²) in [5.74, 6) is -0.284. The Labute approximate surface area is 113 Å². The zero-order chi connectivity index (χ0) is 13.1. The summed E-state index contributed by atoms with van der Waals surface area (Å²) in [7, 11) is 0. The highest BCUT2D eigenvalue weighted by molar-refractivity contribution is 7.11. The summed E-state index contributed by atoms with van der Waals surface area (Å²) in [5, 5.41) is 13.0. The molecule has 4 nitrogen and oxygen atoms in total. The van der Waals surface area contributed by atoms with E-state index >= 15 is 0 Å². The fraction of sp³-hybridized carbons (Fsp3) is 0.167. The van der Waals surface area contributed by atoms with Crippen molar-refractivity contribution < 1.29 is 9.90 Å². The van der Waals surface area contributed by atoms with Crippen LogP contribution in [0.15, 0.2) is 24.4 Å². The van der Waals surface area contributed by atoms with Gasteiger partial charge >= 0.3 is 0 Å². The number of benzene rings is 1. The molecule has 18 heavy (non-hydrogen) atoms. The van der Waals surface area contributed by atoms with Crippen LogP contribution >= 0.6 is 22.9 Å². The molecule has 0 atom stereocenters. The standard InChI is InChI=1S/C12H11ClN2O2S/c1-7-5-14-11(18-7)6-15-12(17)8-2-3-10(16)9(13)4-8/h2-5,16H,6H2,1H3,(H,15,17). The second-order valence-corrected chi connectivity index (χ2v) is 5.44. The van der Waals surface area contributed by atoms with Gasteiger partial charge in [0.2, 0.25) is 0 Å². The van der Waals surface area contributed by atoms with Gasteiger partial charge in [-0.3, -0.25) is 4.79 Å². The van der Waals surface area contributed by atoms with Crippen molar-refractivity contribution in [3.05, 3.63) is 44.9 Å². The van der Waals surface area contributed by atoms with Gasteiger partial charge in [0.15, 0.2) is 0 Å². The van der Waals surface area contributed by atoms with Crippen molar-refractivity contribution in [3.8, 4) is 5.75 Å². The molecule has 0 bridgehead atoms. The molecule has 2 aromatic rings. The molecule has 0 spiro atoms. The third-order valence-corrected chi connectivity index (χ3v) is 3.49. The Hall–Kier alpha value is -1.59. The number of rotatable bonds is 3. The van der Waals surface area contributed by atoms with Crippen LogP contribution < -0.4 is 5.32 Å². The molecule has 0 aliphatic heterocycles. The number of carbonyl (C=O) groups is 1. The van der Waals surface area contributed by atoms with Crippen molar-refractivity contribution in [2.24, 2.45) is 0 Å². The van der Waals surface area contributed by atoms with Crippen LogP contribution in [0.5, 0.6) is 5.75 Å². The van der Waals surface area contributed by atoms with Crippen molar-refractivity contribution in [2.75, 3.05) is 0 Å². The van der Waals surface area contributed by atoms with Gasteiger partial charge in [-0.05, 0) is 25.1 Å². The zero-order valence-electron chi connectivity index (χ0n) is 9.61. The monoisotopic (exact) mass is 282 g/mol. The molecular formula is C12H11ClN2O2S. The minimum atomic E-state index is -0.246. The van der Waals surface area contributed by atoms with Crippen molar-refractivity contribution in [1.82, 2.24) is 10.3 Å². The van der Waals surface area contributed by atoms with E-state index in [1.165, 1.54) is 29.5 Å². The van der Waals surface area contributed by atoms with E-state index < -0.39 is 0 Å². The van der Waals surface area contributed by atoms with Crippen LogP contribution in [0.4, 0.5) is 0 Å². The number of aryl methyl sites for hydroxylation is 1. The summed E-state index contributed by atoms with van der Waals surface area (Å²) in [6.07, 6.45) is 1.77. The zero-order valence-corrected chi connectivity index (χ0v) is 11.2. The highest BCUT2D eigenvalue weighted by atomic mass is 35.5. The van der Waals surface area contributed by atoms with Crippen molar-refractivity contribution >= 4 is 28.8 Å². The van der Waals surface area contributed by atoms with Crippen LogP contribution in [0.1, 0.15) is 20.2 Å². The number of nitrogens with one attached hydrogen (secondary N) is 1.